The Morgan fingerprint density at radius 1 is 0.923 bits per heavy atom. The zero-order valence-corrected chi connectivity index (χ0v) is 15.1. The molecule has 0 amide bonds. The zero-order chi connectivity index (χ0) is 18.6. The van der Waals surface area contributed by atoms with E-state index in [0.717, 1.165) is 11.1 Å². The number of hydrogen-bond acceptors (Lipinski definition) is 3. The van der Waals surface area contributed by atoms with Gasteiger partial charge in [-0.25, -0.2) is 8.42 Å². The van der Waals surface area contributed by atoms with Gasteiger partial charge in [-0.05, 0) is 42.8 Å². The van der Waals surface area contributed by atoms with Crippen molar-refractivity contribution in [3.8, 4) is 6.07 Å². The number of benzene rings is 3. The molecule has 0 spiro atoms. The van der Waals surface area contributed by atoms with Crippen molar-refractivity contribution in [3.63, 3.8) is 0 Å². The van der Waals surface area contributed by atoms with Crippen LogP contribution in [0.25, 0.3) is 0 Å². The molecule has 0 N–H and O–H groups in total. The van der Waals surface area contributed by atoms with E-state index >= 15 is 0 Å². The first kappa shape index (κ1) is 17.7. The Morgan fingerprint density at radius 2 is 1.62 bits per heavy atom. The van der Waals surface area contributed by atoms with Crippen LogP contribution in [-0.4, -0.2) is 8.42 Å². The molecule has 130 valence electrons. The van der Waals surface area contributed by atoms with Gasteiger partial charge < -0.3 is 0 Å². The Kier molecular flexibility index (Phi) is 5.06. The molecule has 0 radical (unpaired) electrons. The molecular formula is C21H18N2O2S. The number of anilines is 1. The van der Waals surface area contributed by atoms with E-state index in [4.69, 9.17) is 5.26 Å². The minimum Gasteiger partial charge on any atom is -0.262 e. The second kappa shape index (κ2) is 7.42. The fourth-order valence-electron chi connectivity index (χ4n) is 2.63. The van der Waals surface area contributed by atoms with Gasteiger partial charge in [0.2, 0.25) is 0 Å². The van der Waals surface area contributed by atoms with Crippen LogP contribution >= 0.6 is 0 Å². The molecule has 0 saturated carbocycles. The minimum atomic E-state index is -3.82. The first-order chi connectivity index (χ1) is 12.5. The lowest BCUT2D eigenvalue weighted by atomic mass is 10.2. The lowest BCUT2D eigenvalue weighted by molar-refractivity contribution is 0.590. The van der Waals surface area contributed by atoms with Gasteiger partial charge >= 0.3 is 0 Å². The van der Waals surface area contributed by atoms with E-state index in [1.165, 1.54) is 16.4 Å². The van der Waals surface area contributed by atoms with E-state index in [-0.39, 0.29) is 11.4 Å². The maximum absolute atomic E-state index is 13.3. The summed E-state index contributed by atoms with van der Waals surface area (Å²) in [5.41, 5.74) is 2.84. The van der Waals surface area contributed by atoms with Crippen molar-refractivity contribution in [2.45, 2.75) is 18.4 Å². The molecule has 0 aliphatic heterocycles. The molecule has 0 aliphatic rings. The first-order valence-corrected chi connectivity index (χ1v) is 9.58. The van der Waals surface area contributed by atoms with Gasteiger partial charge in [-0.3, -0.25) is 4.31 Å². The number of hydrogen-bond donors (Lipinski definition) is 0. The standard InChI is InChI=1S/C21H18N2O2S/c1-17-10-12-20(13-11-17)23(16-18-6-3-2-4-7-18)26(24,25)21-9-5-8-19(14-21)15-22/h2-14H,16H2,1H3. The number of nitriles is 1. The normalized spacial score (nSPS) is 10.9. The van der Waals surface area contributed by atoms with E-state index in [1.807, 2.05) is 55.5 Å². The van der Waals surface area contributed by atoms with Crippen LogP contribution in [0.4, 0.5) is 5.69 Å². The average molecular weight is 362 g/mol. The fraction of sp³-hybridized carbons (Fsp3) is 0.0952. The van der Waals surface area contributed by atoms with Crippen LogP contribution < -0.4 is 4.31 Å². The molecule has 0 heterocycles. The van der Waals surface area contributed by atoms with Crippen molar-refractivity contribution in [1.29, 1.82) is 5.26 Å². The van der Waals surface area contributed by atoms with Crippen LogP contribution in [0.1, 0.15) is 16.7 Å². The van der Waals surface area contributed by atoms with E-state index in [0.29, 0.717) is 11.3 Å². The lowest BCUT2D eigenvalue weighted by Crippen LogP contribution is -2.30. The summed E-state index contributed by atoms with van der Waals surface area (Å²) in [7, 11) is -3.82. The molecule has 0 aliphatic carbocycles. The highest BCUT2D eigenvalue weighted by atomic mass is 32.2. The predicted octanol–water partition coefficient (Wildman–Crippen LogP) is 4.26. The summed E-state index contributed by atoms with van der Waals surface area (Å²) in [5.74, 6) is 0. The summed E-state index contributed by atoms with van der Waals surface area (Å²) >= 11 is 0. The summed E-state index contributed by atoms with van der Waals surface area (Å²) in [6.07, 6.45) is 0. The molecule has 3 aromatic carbocycles. The van der Waals surface area contributed by atoms with Crippen molar-refractivity contribution in [3.05, 3.63) is 95.6 Å². The highest BCUT2D eigenvalue weighted by molar-refractivity contribution is 7.92. The quantitative estimate of drug-likeness (QED) is 0.681. The van der Waals surface area contributed by atoms with Gasteiger partial charge in [-0.2, -0.15) is 5.26 Å². The Morgan fingerprint density at radius 3 is 2.27 bits per heavy atom. The second-order valence-corrected chi connectivity index (χ2v) is 7.83. The van der Waals surface area contributed by atoms with E-state index in [9.17, 15) is 8.42 Å². The summed E-state index contributed by atoms with van der Waals surface area (Å²) in [6, 6.07) is 24.9. The third-order valence-electron chi connectivity index (χ3n) is 4.04. The van der Waals surface area contributed by atoms with Gasteiger partial charge in [0.1, 0.15) is 0 Å². The van der Waals surface area contributed by atoms with Crippen LogP contribution in [0.2, 0.25) is 0 Å². The van der Waals surface area contributed by atoms with Gasteiger partial charge in [0.25, 0.3) is 10.0 Å². The van der Waals surface area contributed by atoms with Gasteiger partial charge in [0.15, 0.2) is 0 Å². The van der Waals surface area contributed by atoms with Crippen LogP contribution in [-0.2, 0) is 16.6 Å². The van der Waals surface area contributed by atoms with Gasteiger partial charge in [0, 0.05) is 0 Å². The molecule has 0 saturated heterocycles. The van der Waals surface area contributed by atoms with Crippen molar-refractivity contribution < 1.29 is 8.42 Å². The molecule has 3 rings (SSSR count). The van der Waals surface area contributed by atoms with Crippen molar-refractivity contribution >= 4 is 15.7 Å². The largest absolute Gasteiger partial charge is 0.264 e. The highest BCUT2D eigenvalue weighted by Crippen LogP contribution is 2.26. The summed E-state index contributed by atoms with van der Waals surface area (Å²) in [4.78, 5) is 0.105. The van der Waals surface area contributed by atoms with Crippen molar-refractivity contribution in [2.75, 3.05) is 4.31 Å². The van der Waals surface area contributed by atoms with Crippen LogP contribution in [0.3, 0.4) is 0 Å². The molecule has 5 heteroatoms. The van der Waals surface area contributed by atoms with Gasteiger partial charge in [-0.15, -0.1) is 0 Å². The number of sulfonamides is 1. The Balaban J connectivity index is 2.09. The molecular weight excluding hydrogens is 344 g/mol. The monoisotopic (exact) mass is 362 g/mol. The highest BCUT2D eigenvalue weighted by Gasteiger charge is 2.25. The molecule has 4 nitrogen and oxygen atoms in total. The second-order valence-electron chi connectivity index (χ2n) is 5.97. The van der Waals surface area contributed by atoms with E-state index < -0.39 is 10.0 Å². The minimum absolute atomic E-state index is 0.105. The maximum atomic E-state index is 13.3. The topological polar surface area (TPSA) is 61.2 Å². The molecule has 0 atom stereocenters. The average Bonchev–Trinajstić information content (AvgIpc) is 2.68. The summed E-state index contributed by atoms with van der Waals surface area (Å²) in [5, 5.41) is 9.09. The summed E-state index contributed by atoms with van der Waals surface area (Å²) < 4.78 is 28.0. The third kappa shape index (κ3) is 3.76. The van der Waals surface area contributed by atoms with E-state index in [1.54, 1.807) is 24.3 Å². The molecule has 0 aromatic heterocycles. The molecule has 0 fully saturated rings. The van der Waals surface area contributed by atoms with Gasteiger partial charge in [0.05, 0.1) is 28.8 Å². The van der Waals surface area contributed by atoms with Crippen molar-refractivity contribution in [2.24, 2.45) is 0 Å². The number of rotatable bonds is 5. The lowest BCUT2D eigenvalue weighted by Gasteiger charge is -2.25. The number of nitrogens with zero attached hydrogens (tertiary/aromatic N) is 2. The van der Waals surface area contributed by atoms with Crippen LogP contribution in [0.5, 0.6) is 0 Å². The Labute approximate surface area is 154 Å². The summed E-state index contributed by atoms with van der Waals surface area (Å²) in [6.45, 7) is 2.17. The maximum Gasteiger partial charge on any atom is 0.264 e. The zero-order valence-electron chi connectivity index (χ0n) is 14.3. The smallest absolute Gasteiger partial charge is 0.262 e. The molecule has 0 bridgehead atoms. The third-order valence-corrected chi connectivity index (χ3v) is 5.81. The molecule has 3 aromatic rings. The predicted molar refractivity (Wildman–Crippen MR) is 102 cm³/mol. The number of aryl methyl sites for hydroxylation is 1. The molecule has 26 heavy (non-hydrogen) atoms. The van der Waals surface area contributed by atoms with Gasteiger partial charge in [-0.1, -0.05) is 54.1 Å². The van der Waals surface area contributed by atoms with Crippen LogP contribution in [0.15, 0.2) is 83.8 Å². The van der Waals surface area contributed by atoms with Crippen molar-refractivity contribution in [1.82, 2.24) is 0 Å². The van der Waals surface area contributed by atoms with Crippen LogP contribution in [0, 0.1) is 18.3 Å². The first-order valence-electron chi connectivity index (χ1n) is 8.14. The SMILES string of the molecule is Cc1ccc(N(Cc2ccccc2)S(=O)(=O)c2cccc(C#N)c2)cc1. The van der Waals surface area contributed by atoms with E-state index in [2.05, 4.69) is 0 Å². The Hall–Kier alpha value is -3.10. The molecule has 0 unspecified atom stereocenters. The fourth-order valence-corrected chi connectivity index (χ4v) is 4.13. The Bertz CT molecular complexity index is 1040.